The van der Waals surface area contributed by atoms with Gasteiger partial charge in [0.25, 0.3) is 0 Å². The minimum atomic E-state index is -0.599. The molecule has 0 radical (unpaired) electrons. The van der Waals surface area contributed by atoms with Gasteiger partial charge in [0.2, 0.25) is 0 Å². The van der Waals surface area contributed by atoms with Crippen LogP contribution in [0.2, 0.25) is 0 Å². The molecular weight excluding hydrogens is 238 g/mol. The van der Waals surface area contributed by atoms with Gasteiger partial charge in [0.15, 0.2) is 0 Å². The average Bonchev–Trinajstić information content (AvgIpc) is 3.12. The first kappa shape index (κ1) is 12.7. The van der Waals surface area contributed by atoms with E-state index >= 15 is 0 Å². The lowest BCUT2D eigenvalue weighted by molar-refractivity contribution is -0.151. The van der Waals surface area contributed by atoms with Crippen molar-refractivity contribution in [3.05, 3.63) is 34.9 Å². The summed E-state index contributed by atoms with van der Waals surface area (Å²) in [6.07, 6.45) is 4.11. The molecule has 0 spiro atoms. The molecule has 3 rings (SSSR count). The summed E-state index contributed by atoms with van der Waals surface area (Å²) in [6, 6.07) is 6.90. The molecule has 1 N–H and O–H groups in total. The third-order valence-electron chi connectivity index (χ3n) is 4.15. The molecule has 0 aliphatic heterocycles. The number of fused-ring (bicyclic) bond motifs is 1. The number of ether oxygens (including phenoxy) is 1. The van der Waals surface area contributed by atoms with Crippen molar-refractivity contribution in [2.24, 2.45) is 0 Å². The van der Waals surface area contributed by atoms with Crippen molar-refractivity contribution in [1.82, 2.24) is 5.32 Å². The maximum atomic E-state index is 12.5. The Morgan fingerprint density at radius 3 is 2.95 bits per heavy atom. The van der Waals surface area contributed by atoms with Crippen LogP contribution < -0.4 is 5.32 Å². The van der Waals surface area contributed by atoms with Crippen LogP contribution in [0.5, 0.6) is 0 Å². The Kier molecular flexibility index (Phi) is 3.09. The van der Waals surface area contributed by atoms with Crippen LogP contribution in [0.15, 0.2) is 18.2 Å². The highest BCUT2D eigenvalue weighted by Gasteiger charge is 2.49. The number of rotatable bonds is 4. The molecule has 1 unspecified atom stereocenters. The number of benzene rings is 1. The van der Waals surface area contributed by atoms with Crippen molar-refractivity contribution >= 4 is 5.97 Å². The molecular formula is C16H21NO2. The normalized spacial score (nSPS) is 25.2. The predicted octanol–water partition coefficient (Wildman–Crippen LogP) is 2.45. The van der Waals surface area contributed by atoms with Crippen LogP contribution in [0.1, 0.15) is 42.9 Å². The third kappa shape index (κ3) is 2.16. The molecule has 0 heterocycles. The van der Waals surface area contributed by atoms with Gasteiger partial charge in [0.05, 0.1) is 6.61 Å². The second-order valence-electron chi connectivity index (χ2n) is 5.71. The Bertz CT molecular complexity index is 507. The highest BCUT2D eigenvalue weighted by molar-refractivity contribution is 5.84. The van der Waals surface area contributed by atoms with Gasteiger partial charge in [-0.3, -0.25) is 5.32 Å². The summed E-state index contributed by atoms with van der Waals surface area (Å²) in [5.74, 6) is -0.105. The zero-order valence-corrected chi connectivity index (χ0v) is 11.7. The molecule has 3 heteroatoms. The van der Waals surface area contributed by atoms with Crippen LogP contribution in [0, 0.1) is 6.92 Å². The van der Waals surface area contributed by atoms with E-state index in [1.807, 2.05) is 6.92 Å². The van der Waals surface area contributed by atoms with Gasteiger partial charge in [-0.05, 0) is 50.7 Å². The maximum absolute atomic E-state index is 12.5. The highest BCUT2D eigenvalue weighted by atomic mass is 16.5. The molecule has 2 aliphatic rings. The Labute approximate surface area is 114 Å². The molecule has 1 fully saturated rings. The highest BCUT2D eigenvalue weighted by Crippen LogP contribution is 2.41. The van der Waals surface area contributed by atoms with Gasteiger partial charge in [-0.2, -0.15) is 0 Å². The topological polar surface area (TPSA) is 38.3 Å². The van der Waals surface area contributed by atoms with Crippen molar-refractivity contribution < 1.29 is 9.53 Å². The SMILES string of the molecule is CCOC(=O)C1(NC2CC2)CCc2ccc(C)cc21. The van der Waals surface area contributed by atoms with Crippen molar-refractivity contribution in [1.29, 1.82) is 0 Å². The summed E-state index contributed by atoms with van der Waals surface area (Å²) >= 11 is 0. The molecule has 1 aromatic rings. The monoisotopic (exact) mass is 259 g/mol. The predicted molar refractivity (Wildman–Crippen MR) is 74.0 cm³/mol. The van der Waals surface area contributed by atoms with E-state index in [0.717, 1.165) is 18.4 Å². The number of hydrogen-bond donors (Lipinski definition) is 1. The van der Waals surface area contributed by atoms with E-state index in [1.165, 1.54) is 24.0 Å². The summed E-state index contributed by atoms with van der Waals surface area (Å²) < 4.78 is 5.35. The fourth-order valence-corrected chi connectivity index (χ4v) is 3.01. The van der Waals surface area contributed by atoms with Crippen molar-refractivity contribution in [2.75, 3.05) is 6.61 Å². The average molecular weight is 259 g/mol. The van der Waals surface area contributed by atoms with Crippen molar-refractivity contribution in [2.45, 2.75) is 51.1 Å². The molecule has 1 saturated carbocycles. The van der Waals surface area contributed by atoms with Gasteiger partial charge < -0.3 is 4.74 Å². The van der Waals surface area contributed by atoms with E-state index in [9.17, 15) is 4.79 Å². The van der Waals surface area contributed by atoms with E-state index in [4.69, 9.17) is 4.74 Å². The first-order valence-electron chi connectivity index (χ1n) is 7.20. The zero-order chi connectivity index (χ0) is 13.5. The van der Waals surface area contributed by atoms with Gasteiger partial charge in [-0.25, -0.2) is 4.79 Å². The van der Waals surface area contributed by atoms with Crippen LogP contribution in [-0.4, -0.2) is 18.6 Å². The number of aryl methyl sites for hydroxylation is 2. The van der Waals surface area contributed by atoms with Crippen molar-refractivity contribution in [3.8, 4) is 0 Å². The largest absolute Gasteiger partial charge is 0.464 e. The second-order valence-corrected chi connectivity index (χ2v) is 5.71. The molecule has 19 heavy (non-hydrogen) atoms. The fraction of sp³-hybridized carbons (Fsp3) is 0.562. The van der Waals surface area contributed by atoms with Gasteiger partial charge in [-0.15, -0.1) is 0 Å². The minimum absolute atomic E-state index is 0.105. The summed E-state index contributed by atoms with van der Waals surface area (Å²) in [6.45, 7) is 4.38. The summed E-state index contributed by atoms with van der Waals surface area (Å²) in [4.78, 5) is 12.5. The number of esters is 1. The van der Waals surface area contributed by atoms with E-state index in [0.29, 0.717) is 12.6 Å². The van der Waals surface area contributed by atoms with Gasteiger partial charge in [0, 0.05) is 6.04 Å². The third-order valence-corrected chi connectivity index (χ3v) is 4.15. The summed E-state index contributed by atoms with van der Waals surface area (Å²) in [5.41, 5.74) is 3.02. The van der Waals surface area contributed by atoms with Crippen LogP contribution in [0.4, 0.5) is 0 Å². The number of carbonyl (C=O) groups is 1. The molecule has 0 amide bonds. The summed E-state index contributed by atoms with van der Waals surface area (Å²) in [7, 11) is 0. The Balaban J connectivity index is 2.01. The zero-order valence-electron chi connectivity index (χ0n) is 11.7. The minimum Gasteiger partial charge on any atom is -0.464 e. The number of nitrogens with one attached hydrogen (secondary N) is 1. The molecule has 3 nitrogen and oxygen atoms in total. The molecule has 102 valence electrons. The molecule has 0 aromatic heterocycles. The molecule has 2 aliphatic carbocycles. The second kappa shape index (κ2) is 4.64. The first-order chi connectivity index (χ1) is 9.15. The van der Waals surface area contributed by atoms with Crippen LogP contribution in [0.25, 0.3) is 0 Å². The first-order valence-corrected chi connectivity index (χ1v) is 7.20. The van der Waals surface area contributed by atoms with Gasteiger partial charge in [0.1, 0.15) is 5.54 Å². The lowest BCUT2D eigenvalue weighted by atomic mass is 9.90. The lowest BCUT2D eigenvalue weighted by Crippen LogP contribution is -2.49. The molecule has 0 bridgehead atoms. The molecule has 0 saturated heterocycles. The summed E-state index contributed by atoms with van der Waals surface area (Å²) in [5, 5.41) is 3.56. The van der Waals surface area contributed by atoms with Crippen molar-refractivity contribution in [3.63, 3.8) is 0 Å². The van der Waals surface area contributed by atoms with Crippen LogP contribution in [-0.2, 0) is 21.5 Å². The van der Waals surface area contributed by atoms with Crippen LogP contribution >= 0.6 is 0 Å². The van der Waals surface area contributed by atoms with E-state index < -0.39 is 5.54 Å². The fourth-order valence-electron chi connectivity index (χ4n) is 3.01. The Morgan fingerprint density at radius 2 is 2.26 bits per heavy atom. The molecule has 1 atom stereocenters. The van der Waals surface area contributed by atoms with Gasteiger partial charge in [-0.1, -0.05) is 23.8 Å². The number of carbonyl (C=O) groups excluding carboxylic acids is 1. The van der Waals surface area contributed by atoms with E-state index in [1.54, 1.807) is 0 Å². The standard InChI is InChI=1S/C16H21NO2/c1-3-19-15(18)16(17-13-6-7-13)9-8-12-5-4-11(2)10-14(12)16/h4-5,10,13,17H,3,6-9H2,1-2H3. The molecule has 1 aromatic carbocycles. The van der Waals surface area contributed by atoms with Gasteiger partial charge >= 0.3 is 5.97 Å². The van der Waals surface area contributed by atoms with E-state index in [-0.39, 0.29) is 5.97 Å². The Morgan fingerprint density at radius 1 is 1.47 bits per heavy atom. The number of hydrogen-bond acceptors (Lipinski definition) is 3. The van der Waals surface area contributed by atoms with Crippen LogP contribution in [0.3, 0.4) is 0 Å². The lowest BCUT2D eigenvalue weighted by Gasteiger charge is -2.29. The Hall–Kier alpha value is -1.35. The smallest absolute Gasteiger partial charge is 0.331 e. The quantitative estimate of drug-likeness (QED) is 0.844. The maximum Gasteiger partial charge on any atom is 0.331 e. The van der Waals surface area contributed by atoms with E-state index in [2.05, 4.69) is 30.4 Å².